The molecule has 3 rings (SSSR count). The fourth-order valence-electron chi connectivity index (χ4n) is 4.19. The standard InChI is InChI=1S/C26H38FN5O4S/c1-18(2)8-13-21(33)23-32(30-25(36-23)37-17-16-31(3)4)24(35)29-26(14-6-5-7-15-26)28-22(34)19-9-11-20(27)12-10-19/h9-12,18,23H,5-8,13-17H2,1-4H3,(H,28,34)(H,29,35). The number of halogens is 1. The lowest BCUT2D eigenvalue weighted by molar-refractivity contribution is -0.131. The van der Waals surface area contributed by atoms with Crippen LogP contribution in [0.2, 0.25) is 0 Å². The third-order valence-corrected chi connectivity index (χ3v) is 7.16. The zero-order valence-corrected chi connectivity index (χ0v) is 22.9. The van der Waals surface area contributed by atoms with Gasteiger partial charge in [0.05, 0.1) is 0 Å². The van der Waals surface area contributed by atoms with Gasteiger partial charge in [-0.1, -0.05) is 32.0 Å². The molecule has 2 aliphatic rings. The second-order valence-electron chi connectivity index (χ2n) is 10.3. The van der Waals surface area contributed by atoms with Gasteiger partial charge in [-0.2, -0.15) is 5.01 Å². The molecule has 11 heteroatoms. The van der Waals surface area contributed by atoms with Crippen LogP contribution < -0.4 is 10.6 Å². The lowest BCUT2D eigenvalue weighted by Crippen LogP contribution is -2.64. The summed E-state index contributed by atoms with van der Waals surface area (Å²) in [5.41, 5.74) is -0.715. The average Bonchev–Trinajstić information content (AvgIpc) is 3.27. The highest BCUT2D eigenvalue weighted by atomic mass is 32.2. The summed E-state index contributed by atoms with van der Waals surface area (Å²) in [4.78, 5) is 41.5. The van der Waals surface area contributed by atoms with E-state index < -0.39 is 29.6 Å². The van der Waals surface area contributed by atoms with Crippen molar-refractivity contribution < 1.29 is 23.5 Å². The molecule has 1 aromatic carbocycles. The van der Waals surface area contributed by atoms with Crippen molar-refractivity contribution >= 4 is 34.7 Å². The maximum absolute atomic E-state index is 13.5. The number of rotatable bonds is 10. The number of carbonyl (C=O) groups is 3. The van der Waals surface area contributed by atoms with Crippen LogP contribution in [0.25, 0.3) is 0 Å². The Balaban J connectivity index is 1.77. The van der Waals surface area contributed by atoms with Gasteiger partial charge in [0.1, 0.15) is 11.5 Å². The summed E-state index contributed by atoms with van der Waals surface area (Å²) in [6.45, 7) is 4.84. The minimum absolute atomic E-state index is 0.219. The van der Waals surface area contributed by atoms with Gasteiger partial charge in [0.25, 0.3) is 17.4 Å². The second-order valence-corrected chi connectivity index (χ2v) is 11.3. The van der Waals surface area contributed by atoms with Gasteiger partial charge in [-0.15, -0.1) is 5.10 Å². The number of nitrogens with one attached hydrogen (secondary N) is 2. The van der Waals surface area contributed by atoms with Crippen molar-refractivity contribution in [2.45, 2.75) is 70.7 Å². The van der Waals surface area contributed by atoms with Gasteiger partial charge < -0.3 is 20.3 Å². The van der Waals surface area contributed by atoms with Crippen molar-refractivity contribution in [1.29, 1.82) is 0 Å². The number of ether oxygens (including phenoxy) is 1. The van der Waals surface area contributed by atoms with Crippen LogP contribution in [-0.2, 0) is 9.53 Å². The summed E-state index contributed by atoms with van der Waals surface area (Å²) in [6.07, 6.45) is 3.46. The van der Waals surface area contributed by atoms with Crippen molar-refractivity contribution in [3.05, 3.63) is 35.6 Å². The van der Waals surface area contributed by atoms with E-state index in [0.717, 1.165) is 30.8 Å². The summed E-state index contributed by atoms with van der Waals surface area (Å²) in [7, 11) is 3.92. The molecule has 1 aromatic rings. The molecule has 2 N–H and O–H groups in total. The Bertz CT molecular complexity index is 980. The molecule has 9 nitrogen and oxygen atoms in total. The highest BCUT2D eigenvalue weighted by molar-refractivity contribution is 8.13. The quantitative estimate of drug-likeness (QED) is 0.436. The van der Waals surface area contributed by atoms with Crippen LogP contribution in [0.1, 0.15) is 69.2 Å². The first-order valence-corrected chi connectivity index (χ1v) is 13.8. The number of thioether (sulfide) groups is 1. The number of benzene rings is 1. The van der Waals surface area contributed by atoms with E-state index in [9.17, 15) is 18.8 Å². The van der Waals surface area contributed by atoms with Gasteiger partial charge in [0, 0.05) is 24.3 Å². The molecule has 0 saturated heterocycles. The number of hydrogen-bond acceptors (Lipinski definition) is 7. The molecular weight excluding hydrogens is 497 g/mol. The first-order valence-electron chi connectivity index (χ1n) is 12.8. The monoisotopic (exact) mass is 535 g/mol. The topological polar surface area (TPSA) is 103 Å². The Morgan fingerprint density at radius 3 is 2.46 bits per heavy atom. The van der Waals surface area contributed by atoms with Crippen LogP contribution in [0.5, 0.6) is 0 Å². The number of nitrogens with zero attached hydrogens (tertiary/aromatic N) is 3. The Labute approximate surface area is 222 Å². The molecule has 3 amide bonds. The normalized spacial score (nSPS) is 18.9. The molecule has 1 fully saturated rings. The van der Waals surface area contributed by atoms with Crippen LogP contribution in [0.4, 0.5) is 9.18 Å². The van der Waals surface area contributed by atoms with Crippen LogP contribution in [0.15, 0.2) is 29.4 Å². The van der Waals surface area contributed by atoms with E-state index in [4.69, 9.17) is 4.74 Å². The summed E-state index contributed by atoms with van der Waals surface area (Å²) in [5.74, 6) is -0.0470. The van der Waals surface area contributed by atoms with Crippen LogP contribution in [0, 0.1) is 11.7 Å². The lowest BCUT2D eigenvalue weighted by Gasteiger charge is -2.39. The van der Waals surface area contributed by atoms with E-state index in [1.165, 1.54) is 36.0 Å². The van der Waals surface area contributed by atoms with Gasteiger partial charge >= 0.3 is 6.03 Å². The molecule has 1 atom stereocenters. The smallest absolute Gasteiger partial charge is 0.343 e. The number of ketones is 1. The molecule has 1 aliphatic carbocycles. The summed E-state index contributed by atoms with van der Waals surface area (Å²) in [6, 6.07) is 4.65. The number of Topliss-reactive ketones (excluding diaryl/α,β-unsaturated/α-hetero) is 1. The van der Waals surface area contributed by atoms with E-state index in [2.05, 4.69) is 15.7 Å². The molecule has 204 valence electrons. The predicted molar refractivity (Wildman–Crippen MR) is 142 cm³/mol. The average molecular weight is 536 g/mol. The minimum Gasteiger partial charge on any atom is -0.438 e. The third kappa shape index (κ3) is 8.43. The highest BCUT2D eigenvalue weighted by Crippen LogP contribution is 2.28. The molecule has 0 spiro atoms. The molecule has 1 heterocycles. The number of hydrogen-bond donors (Lipinski definition) is 2. The van der Waals surface area contributed by atoms with Crippen molar-refractivity contribution in [1.82, 2.24) is 20.5 Å². The molecule has 0 radical (unpaired) electrons. The largest absolute Gasteiger partial charge is 0.438 e. The SMILES string of the molecule is CC(C)CCC(=O)C1OC(SCCN(C)C)=NN1C(=O)NC1(NC(=O)c2ccc(F)cc2)CCCCC1. The molecule has 37 heavy (non-hydrogen) atoms. The van der Waals surface area contributed by atoms with Gasteiger partial charge in [0.2, 0.25) is 0 Å². The Morgan fingerprint density at radius 2 is 1.84 bits per heavy atom. The zero-order chi connectivity index (χ0) is 27.0. The maximum atomic E-state index is 13.5. The van der Waals surface area contributed by atoms with Crippen LogP contribution >= 0.6 is 11.8 Å². The van der Waals surface area contributed by atoms with Gasteiger partial charge in [-0.25, -0.2) is 9.18 Å². The fraction of sp³-hybridized carbons (Fsp3) is 0.615. The fourth-order valence-corrected chi connectivity index (χ4v) is 5.12. The lowest BCUT2D eigenvalue weighted by atomic mass is 9.88. The van der Waals surface area contributed by atoms with Crippen molar-refractivity contribution in [2.75, 3.05) is 26.4 Å². The van der Waals surface area contributed by atoms with Gasteiger partial charge in [-0.3, -0.25) is 9.59 Å². The maximum Gasteiger partial charge on any atom is 0.343 e. The minimum atomic E-state index is -1.14. The van der Waals surface area contributed by atoms with Crippen LogP contribution in [0.3, 0.4) is 0 Å². The van der Waals surface area contributed by atoms with E-state index in [1.807, 2.05) is 32.8 Å². The van der Waals surface area contributed by atoms with Gasteiger partial charge in [0.15, 0.2) is 5.78 Å². The summed E-state index contributed by atoms with van der Waals surface area (Å²) >= 11 is 1.35. The first-order chi connectivity index (χ1) is 17.6. The predicted octanol–water partition coefficient (Wildman–Crippen LogP) is 4.15. The number of hydrazone groups is 1. The molecule has 1 unspecified atom stereocenters. The van der Waals surface area contributed by atoms with E-state index in [0.29, 0.717) is 36.5 Å². The molecule has 0 aromatic heterocycles. The third-order valence-electron chi connectivity index (χ3n) is 6.35. The Morgan fingerprint density at radius 1 is 1.16 bits per heavy atom. The highest BCUT2D eigenvalue weighted by Gasteiger charge is 2.42. The molecule has 0 bridgehead atoms. The summed E-state index contributed by atoms with van der Waals surface area (Å²) in [5, 5.41) is 11.6. The molecular formula is C26H38FN5O4S. The molecule has 1 aliphatic heterocycles. The van der Waals surface area contributed by atoms with Crippen LogP contribution in [-0.4, -0.2) is 71.1 Å². The zero-order valence-electron chi connectivity index (χ0n) is 22.1. The van der Waals surface area contributed by atoms with E-state index in [1.54, 1.807) is 0 Å². The van der Waals surface area contributed by atoms with Crippen molar-refractivity contribution in [2.24, 2.45) is 11.0 Å². The van der Waals surface area contributed by atoms with Gasteiger partial charge in [-0.05, 0) is 76.4 Å². The Hall–Kier alpha value is -2.66. The van der Waals surface area contributed by atoms with Crippen molar-refractivity contribution in [3.8, 4) is 0 Å². The van der Waals surface area contributed by atoms with Crippen molar-refractivity contribution in [3.63, 3.8) is 0 Å². The molecule has 1 saturated carbocycles. The summed E-state index contributed by atoms with van der Waals surface area (Å²) < 4.78 is 19.2. The number of amides is 3. The number of carbonyl (C=O) groups excluding carboxylic acids is 3. The van der Waals surface area contributed by atoms with E-state index >= 15 is 0 Å². The second kappa shape index (κ2) is 13.2. The first kappa shape index (κ1) is 28.9. The number of urea groups is 1. The van der Waals surface area contributed by atoms with E-state index in [-0.39, 0.29) is 17.4 Å². The Kier molecular flexibility index (Phi) is 10.3.